The van der Waals surface area contributed by atoms with Crippen LogP contribution in [0.3, 0.4) is 0 Å². The van der Waals surface area contributed by atoms with Gasteiger partial charge in [0.05, 0.1) is 0 Å². The van der Waals surface area contributed by atoms with Gasteiger partial charge in [-0.15, -0.1) is 0 Å². The summed E-state index contributed by atoms with van der Waals surface area (Å²) >= 11 is 0. The van der Waals surface area contributed by atoms with Gasteiger partial charge in [-0.2, -0.15) is 0 Å². The van der Waals surface area contributed by atoms with Crippen LogP contribution < -0.4 is 0 Å². The zero-order valence-corrected chi connectivity index (χ0v) is 16.9. The second kappa shape index (κ2) is 8.28. The molecule has 0 saturated carbocycles. The maximum Gasteiger partial charge on any atom is 0.193 e. The standard InChI is InChI=1S/C28H24O/c1-20-3-11-24(12-4-20)25-15-7-22(8-16-25)19-23-9-17-27(18-10-23)28(29)26-13-5-21(2)6-14-26/h3-18H,19H2,1-2H3. The zero-order chi connectivity index (χ0) is 20.2. The van der Waals surface area contributed by atoms with E-state index in [2.05, 4.69) is 67.6 Å². The molecule has 0 atom stereocenters. The average molecular weight is 376 g/mol. The molecule has 0 aliphatic rings. The summed E-state index contributed by atoms with van der Waals surface area (Å²) in [5, 5.41) is 0. The van der Waals surface area contributed by atoms with Gasteiger partial charge < -0.3 is 0 Å². The predicted molar refractivity (Wildman–Crippen MR) is 120 cm³/mol. The van der Waals surface area contributed by atoms with Crippen LogP contribution in [0.4, 0.5) is 0 Å². The summed E-state index contributed by atoms with van der Waals surface area (Å²) in [5.74, 6) is 0.0685. The molecule has 0 heterocycles. The molecule has 0 amide bonds. The Morgan fingerprint density at radius 1 is 0.517 bits per heavy atom. The first kappa shape index (κ1) is 18.9. The lowest BCUT2D eigenvalue weighted by molar-refractivity contribution is 0.103. The second-order valence-corrected chi connectivity index (χ2v) is 7.63. The van der Waals surface area contributed by atoms with Gasteiger partial charge in [-0.1, -0.05) is 108 Å². The fourth-order valence-corrected chi connectivity index (χ4v) is 3.44. The van der Waals surface area contributed by atoms with Crippen LogP contribution in [0.2, 0.25) is 0 Å². The van der Waals surface area contributed by atoms with E-state index in [4.69, 9.17) is 0 Å². The molecule has 0 spiro atoms. The van der Waals surface area contributed by atoms with E-state index in [9.17, 15) is 4.79 Å². The van der Waals surface area contributed by atoms with Crippen molar-refractivity contribution in [3.63, 3.8) is 0 Å². The Morgan fingerprint density at radius 3 is 1.34 bits per heavy atom. The van der Waals surface area contributed by atoms with Crippen molar-refractivity contribution in [3.05, 3.63) is 130 Å². The third kappa shape index (κ3) is 4.52. The molecule has 0 radical (unpaired) electrons. The maximum absolute atomic E-state index is 12.6. The highest BCUT2D eigenvalue weighted by atomic mass is 16.1. The summed E-state index contributed by atoms with van der Waals surface area (Å²) in [6.07, 6.45) is 0.854. The van der Waals surface area contributed by atoms with Crippen molar-refractivity contribution < 1.29 is 4.79 Å². The van der Waals surface area contributed by atoms with Gasteiger partial charge in [0, 0.05) is 11.1 Å². The normalized spacial score (nSPS) is 10.7. The van der Waals surface area contributed by atoms with Crippen LogP contribution >= 0.6 is 0 Å². The minimum atomic E-state index is 0.0685. The molecular weight excluding hydrogens is 352 g/mol. The van der Waals surface area contributed by atoms with Gasteiger partial charge in [0.2, 0.25) is 0 Å². The average Bonchev–Trinajstić information content (AvgIpc) is 2.76. The summed E-state index contributed by atoms with van der Waals surface area (Å²) < 4.78 is 0. The van der Waals surface area contributed by atoms with Gasteiger partial charge in [0.15, 0.2) is 5.78 Å². The first-order chi connectivity index (χ1) is 14.1. The molecule has 142 valence electrons. The number of aryl methyl sites for hydroxylation is 2. The van der Waals surface area contributed by atoms with Gasteiger partial charge in [-0.25, -0.2) is 0 Å². The van der Waals surface area contributed by atoms with Crippen molar-refractivity contribution in [2.45, 2.75) is 20.3 Å². The summed E-state index contributed by atoms with van der Waals surface area (Å²) in [4.78, 5) is 12.6. The van der Waals surface area contributed by atoms with E-state index in [1.165, 1.54) is 27.8 Å². The van der Waals surface area contributed by atoms with Crippen molar-refractivity contribution in [2.75, 3.05) is 0 Å². The van der Waals surface area contributed by atoms with E-state index < -0.39 is 0 Å². The van der Waals surface area contributed by atoms with Crippen LogP contribution in [0.5, 0.6) is 0 Å². The molecule has 29 heavy (non-hydrogen) atoms. The second-order valence-electron chi connectivity index (χ2n) is 7.63. The number of benzene rings is 4. The SMILES string of the molecule is Cc1ccc(C(=O)c2ccc(Cc3ccc(-c4ccc(C)cc4)cc3)cc2)cc1. The minimum absolute atomic E-state index is 0.0685. The lowest BCUT2D eigenvalue weighted by Crippen LogP contribution is -2.01. The first-order valence-corrected chi connectivity index (χ1v) is 9.95. The minimum Gasteiger partial charge on any atom is -0.289 e. The fourth-order valence-electron chi connectivity index (χ4n) is 3.44. The Balaban J connectivity index is 1.45. The Labute approximate surface area is 172 Å². The molecule has 0 aliphatic carbocycles. The first-order valence-electron chi connectivity index (χ1n) is 9.95. The Morgan fingerprint density at radius 2 is 0.862 bits per heavy atom. The maximum atomic E-state index is 12.6. The van der Waals surface area contributed by atoms with E-state index in [1.54, 1.807) is 0 Å². The van der Waals surface area contributed by atoms with Gasteiger partial charge in [0.1, 0.15) is 0 Å². The number of hydrogen-bond donors (Lipinski definition) is 0. The van der Waals surface area contributed by atoms with Gasteiger partial charge in [0.25, 0.3) is 0 Å². The highest BCUT2D eigenvalue weighted by Gasteiger charge is 2.09. The molecule has 0 aliphatic heterocycles. The molecule has 0 fully saturated rings. The third-order valence-corrected chi connectivity index (χ3v) is 5.28. The summed E-state index contributed by atoms with van der Waals surface area (Å²) in [5.41, 5.74) is 8.82. The predicted octanol–water partition coefficient (Wildman–Crippen LogP) is 6.79. The fraction of sp³-hybridized carbons (Fsp3) is 0.107. The zero-order valence-electron chi connectivity index (χ0n) is 16.9. The molecule has 0 saturated heterocycles. The summed E-state index contributed by atoms with van der Waals surface area (Å²) in [6.45, 7) is 4.13. The lowest BCUT2D eigenvalue weighted by atomic mass is 9.97. The van der Waals surface area contributed by atoms with E-state index in [0.29, 0.717) is 0 Å². The summed E-state index contributed by atoms with van der Waals surface area (Å²) in [7, 11) is 0. The van der Waals surface area contributed by atoms with E-state index in [0.717, 1.165) is 23.1 Å². The van der Waals surface area contributed by atoms with Crippen LogP contribution in [0.25, 0.3) is 11.1 Å². The Hall–Kier alpha value is -3.45. The van der Waals surface area contributed by atoms with Crippen molar-refractivity contribution in [3.8, 4) is 11.1 Å². The molecule has 0 unspecified atom stereocenters. The van der Waals surface area contributed by atoms with Crippen LogP contribution in [-0.4, -0.2) is 5.78 Å². The lowest BCUT2D eigenvalue weighted by Gasteiger charge is -2.07. The molecular formula is C28H24O. The van der Waals surface area contributed by atoms with Crippen LogP contribution in [0, 0.1) is 13.8 Å². The molecule has 0 aromatic heterocycles. The van der Waals surface area contributed by atoms with Crippen molar-refractivity contribution in [2.24, 2.45) is 0 Å². The van der Waals surface area contributed by atoms with E-state index >= 15 is 0 Å². The molecule has 0 N–H and O–H groups in total. The summed E-state index contributed by atoms with van der Waals surface area (Å²) in [6, 6.07) is 33.0. The molecule has 1 heteroatoms. The topological polar surface area (TPSA) is 17.1 Å². The van der Waals surface area contributed by atoms with Crippen LogP contribution in [0.1, 0.15) is 38.2 Å². The van der Waals surface area contributed by atoms with Crippen molar-refractivity contribution in [1.29, 1.82) is 0 Å². The van der Waals surface area contributed by atoms with Crippen LogP contribution in [-0.2, 0) is 6.42 Å². The Kier molecular flexibility index (Phi) is 5.39. The van der Waals surface area contributed by atoms with Gasteiger partial charge in [-0.3, -0.25) is 4.79 Å². The Bertz CT molecular complexity index is 1100. The number of hydrogen-bond acceptors (Lipinski definition) is 1. The number of carbonyl (C=O) groups excluding carboxylic acids is 1. The number of rotatable bonds is 5. The van der Waals surface area contributed by atoms with Crippen LogP contribution in [0.15, 0.2) is 97.1 Å². The smallest absolute Gasteiger partial charge is 0.193 e. The quantitative estimate of drug-likeness (QED) is 0.350. The largest absolute Gasteiger partial charge is 0.289 e. The molecule has 0 bridgehead atoms. The molecule has 4 aromatic rings. The van der Waals surface area contributed by atoms with Gasteiger partial charge >= 0.3 is 0 Å². The monoisotopic (exact) mass is 376 g/mol. The molecule has 4 aromatic carbocycles. The highest BCUT2D eigenvalue weighted by Crippen LogP contribution is 2.21. The van der Waals surface area contributed by atoms with Gasteiger partial charge in [-0.05, 0) is 42.5 Å². The van der Waals surface area contributed by atoms with E-state index in [-0.39, 0.29) is 5.78 Å². The molecule has 1 nitrogen and oxygen atoms in total. The molecule has 4 rings (SSSR count). The third-order valence-electron chi connectivity index (χ3n) is 5.28. The number of carbonyl (C=O) groups is 1. The van der Waals surface area contributed by atoms with Crippen molar-refractivity contribution >= 4 is 5.78 Å². The van der Waals surface area contributed by atoms with Crippen molar-refractivity contribution in [1.82, 2.24) is 0 Å². The van der Waals surface area contributed by atoms with E-state index in [1.807, 2.05) is 43.3 Å². The number of ketones is 1. The highest BCUT2D eigenvalue weighted by molar-refractivity contribution is 6.09.